The average Bonchev–Trinajstić information content (AvgIpc) is 2.29. The Hall–Kier alpha value is -1.13. The zero-order valence-electron chi connectivity index (χ0n) is 9.61. The Labute approximate surface area is 95.0 Å². The van der Waals surface area contributed by atoms with Crippen molar-refractivity contribution in [1.82, 2.24) is 0 Å². The van der Waals surface area contributed by atoms with Crippen molar-refractivity contribution in [3.63, 3.8) is 0 Å². The molecule has 0 aliphatic rings. The summed E-state index contributed by atoms with van der Waals surface area (Å²) in [6.07, 6.45) is 0.629. The van der Waals surface area contributed by atoms with Crippen LogP contribution < -0.4 is 10.5 Å². The summed E-state index contributed by atoms with van der Waals surface area (Å²) in [5, 5.41) is 9.73. The van der Waals surface area contributed by atoms with Crippen LogP contribution in [0.5, 0.6) is 5.75 Å². The third-order valence-electron chi connectivity index (χ3n) is 2.56. The molecule has 3 nitrogen and oxygen atoms in total. The van der Waals surface area contributed by atoms with E-state index >= 15 is 0 Å². The van der Waals surface area contributed by atoms with E-state index in [2.05, 4.69) is 0 Å². The maximum absolute atomic E-state index is 13.5. The fourth-order valence-electron chi connectivity index (χ4n) is 1.59. The van der Waals surface area contributed by atoms with Gasteiger partial charge in [-0.25, -0.2) is 4.39 Å². The van der Waals surface area contributed by atoms with Gasteiger partial charge in [-0.2, -0.15) is 0 Å². The fourth-order valence-corrected chi connectivity index (χ4v) is 1.59. The van der Waals surface area contributed by atoms with Gasteiger partial charge in [-0.15, -0.1) is 0 Å². The predicted octanol–water partition coefficient (Wildman–Crippen LogP) is 2.00. The van der Waals surface area contributed by atoms with E-state index in [0.717, 1.165) is 6.42 Å². The van der Waals surface area contributed by atoms with Crippen molar-refractivity contribution in [3.8, 4) is 5.75 Å². The van der Waals surface area contributed by atoms with Crippen molar-refractivity contribution in [2.75, 3.05) is 7.11 Å². The summed E-state index contributed by atoms with van der Waals surface area (Å²) in [5.74, 6) is 0.124. The van der Waals surface area contributed by atoms with Gasteiger partial charge in [0.25, 0.3) is 0 Å². The largest absolute Gasteiger partial charge is 0.497 e. The van der Waals surface area contributed by atoms with Gasteiger partial charge >= 0.3 is 0 Å². The predicted molar refractivity (Wildman–Crippen MR) is 60.8 cm³/mol. The number of methoxy groups -OCH3 is 1. The molecule has 16 heavy (non-hydrogen) atoms. The van der Waals surface area contributed by atoms with Gasteiger partial charge in [-0.05, 0) is 24.6 Å². The summed E-state index contributed by atoms with van der Waals surface area (Å²) in [4.78, 5) is 0. The van der Waals surface area contributed by atoms with Crippen molar-refractivity contribution in [2.24, 2.45) is 5.73 Å². The lowest BCUT2D eigenvalue weighted by Gasteiger charge is -2.19. The molecule has 0 aromatic heterocycles. The van der Waals surface area contributed by atoms with E-state index in [1.165, 1.54) is 25.3 Å². The van der Waals surface area contributed by atoms with Crippen LogP contribution in [-0.4, -0.2) is 18.3 Å². The third kappa shape index (κ3) is 2.93. The molecule has 0 unspecified atom stereocenters. The van der Waals surface area contributed by atoms with Crippen molar-refractivity contribution < 1.29 is 14.2 Å². The van der Waals surface area contributed by atoms with Crippen LogP contribution in [0.1, 0.15) is 31.4 Å². The van der Waals surface area contributed by atoms with Crippen LogP contribution in [0.15, 0.2) is 18.2 Å². The fraction of sp³-hybridized carbons (Fsp3) is 0.500. The summed E-state index contributed by atoms with van der Waals surface area (Å²) in [6.45, 7) is 1.94. The first-order valence-corrected chi connectivity index (χ1v) is 5.37. The zero-order chi connectivity index (χ0) is 12.1. The average molecular weight is 227 g/mol. The third-order valence-corrected chi connectivity index (χ3v) is 2.56. The lowest BCUT2D eigenvalue weighted by molar-refractivity contribution is 0.132. The number of hydrogen-bond donors (Lipinski definition) is 2. The summed E-state index contributed by atoms with van der Waals surface area (Å²) in [6, 6.07) is 3.64. The Morgan fingerprint density at radius 1 is 1.50 bits per heavy atom. The minimum atomic E-state index is -0.730. The maximum Gasteiger partial charge on any atom is 0.128 e. The number of benzene rings is 1. The second-order valence-electron chi connectivity index (χ2n) is 3.77. The van der Waals surface area contributed by atoms with Crippen molar-refractivity contribution in [1.29, 1.82) is 0 Å². The molecule has 0 aliphatic heterocycles. The molecule has 1 aromatic carbocycles. The summed E-state index contributed by atoms with van der Waals surface area (Å²) in [7, 11) is 1.50. The van der Waals surface area contributed by atoms with Crippen molar-refractivity contribution in [2.45, 2.75) is 31.9 Å². The normalized spacial score (nSPS) is 14.6. The van der Waals surface area contributed by atoms with Crippen molar-refractivity contribution >= 4 is 0 Å². The minimum Gasteiger partial charge on any atom is -0.497 e. The van der Waals surface area contributed by atoms with Crippen LogP contribution in [-0.2, 0) is 0 Å². The van der Waals surface area contributed by atoms with E-state index in [4.69, 9.17) is 10.5 Å². The number of nitrogens with two attached hydrogens (primary N) is 1. The van der Waals surface area contributed by atoms with Crippen LogP contribution in [0.4, 0.5) is 4.39 Å². The lowest BCUT2D eigenvalue weighted by atomic mass is 9.98. The van der Waals surface area contributed by atoms with Crippen LogP contribution in [0.3, 0.4) is 0 Å². The van der Waals surface area contributed by atoms with Crippen LogP contribution in [0.2, 0.25) is 0 Å². The van der Waals surface area contributed by atoms with Gasteiger partial charge in [0.05, 0.1) is 19.3 Å². The lowest BCUT2D eigenvalue weighted by Crippen LogP contribution is -2.26. The molecule has 1 rings (SSSR count). The van der Waals surface area contributed by atoms with Gasteiger partial charge in [0.15, 0.2) is 0 Å². The van der Waals surface area contributed by atoms with Gasteiger partial charge in [0.2, 0.25) is 0 Å². The first-order valence-electron chi connectivity index (χ1n) is 5.37. The molecule has 1 aromatic rings. The Morgan fingerprint density at radius 3 is 2.75 bits per heavy atom. The quantitative estimate of drug-likeness (QED) is 0.808. The van der Waals surface area contributed by atoms with Gasteiger partial charge in [-0.3, -0.25) is 0 Å². The molecule has 0 aliphatic carbocycles. The summed E-state index contributed by atoms with van der Waals surface area (Å²) < 4.78 is 18.5. The van der Waals surface area contributed by atoms with E-state index in [1.807, 2.05) is 6.92 Å². The smallest absolute Gasteiger partial charge is 0.128 e. The molecule has 0 radical (unpaired) electrons. The molecule has 0 bridgehead atoms. The van der Waals surface area contributed by atoms with Gasteiger partial charge < -0.3 is 15.6 Å². The van der Waals surface area contributed by atoms with E-state index in [9.17, 15) is 9.50 Å². The Kier molecular flexibility index (Phi) is 4.71. The number of hydrogen-bond acceptors (Lipinski definition) is 3. The standard InChI is InChI=1S/C12H18FNO2/c1-3-4-11(15)12(14)9-7-8(16-2)5-6-10(9)13/h5-7,11-12,15H,3-4,14H2,1-2H3/t11-,12+/m0/s1. The summed E-state index contributed by atoms with van der Waals surface area (Å²) in [5.41, 5.74) is 6.10. The van der Waals surface area contributed by atoms with E-state index in [-0.39, 0.29) is 0 Å². The van der Waals surface area contributed by atoms with Crippen LogP contribution in [0.25, 0.3) is 0 Å². The highest BCUT2D eigenvalue weighted by Crippen LogP contribution is 2.24. The summed E-state index contributed by atoms with van der Waals surface area (Å²) >= 11 is 0. The second-order valence-corrected chi connectivity index (χ2v) is 3.77. The second kappa shape index (κ2) is 5.82. The van der Waals surface area contributed by atoms with Gasteiger partial charge in [0.1, 0.15) is 11.6 Å². The zero-order valence-corrected chi connectivity index (χ0v) is 9.61. The molecule has 0 spiro atoms. The molecule has 0 amide bonds. The van der Waals surface area contributed by atoms with Crippen LogP contribution >= 0.6 is 0 Å². The number of aliphatic hydroxyl groups is 1. The SMILES string of the molecule is CCC[C@H](O)[C@H](N)c1cc(OC)ccc1F. The topological polar surface area (TPSA) is 55.5 Å². The highest BCUT2D eigenvalue weighted by molar-refractivity contribution is 5.32. The number of rotatable bonds is 5. The molecular weight excluding hydrogens is 209 g/mol. The molecule has 0 heterocycles. The molecule has 2 atom stereocenters. The Morgan fingerprint density at radius 2 is 2.19 bits per heavy atom. The molecule has 90 valence electrons. The van der Waals surface area contributed by atoms with E-state index in [1.54, 1.807) is 0 Å². The molecular formula is C12H18FNO2. The highest BCUT2D eigenvalue weighted by Gasteiger charge is 2.19. The first-order chi connectivity index (χ1) is 7.60. The molecule has 0 saturated carbocycles. The maximum atomic E-state index is 13.5. The van der Waals surface area contributed by atoms with Crippen molar-refractivity contribution in [3.05, 3.63) is 29.6 Å². The molecule has 4 heteroatoms. The minimum absolute atomic E-state index is 0.292. The van der Waals surface area contributed by atoms with Gasteiger partial charge in [0, 0.05) is 5.56 Å². The van der Waals surface area contributed by atoms with E-state index in [0.29, 0.717) is 17.7 Å². The molecule has 0 fully saturated rings. The number of aliphatic hydroxyl groups excluding tert-OH is 1. The Bertz CT molecular complexity index is 344. The van der Waals surface area contributed by atoms with E-state index < -0.39 is 18.0 Å². The monoisotopic (exact) mass is 227 g/mol. The van der Waals surface area contributed by atoms with Gasteiger partial charge in [-0.1, -0.05) is 13.3 Å². The molecule has 0 saturated heterocycles. The molecule has 3 N–H and O–H groups in total. The number of halogens is 1. The first kappa shape index (κ1) is 12.9. The van der Waals surface area contributed by atoms with Crippen LogP contribution in [0, 0.1) is 5.82 Å². The Balaban J connectivity index is 2.92. The highest BCUT2D eigenvalue weighted by atomic mass is 19.1. The number of ether oxygens (including phenoxy) is 1.